The normalized spacial score (nSPS) is 10.6. The van der Waals surface area contributed by atoms with Gasteiger partial charge in [0.05, 0.1) is 10.7 Å². The predicted molar refractivity (Wildman–Crippen MR) is 78.1 cm³/mol. The molecule has 0 aliphatic carbocycles. The molecule has 1 amide bonds. The van der Waals surface area contributed by atoms with Crippen molar-refractivity contribution >= 4 is 29.3 Å². The molecular weight excluding hydrogens is 260 g/mol. The molecular formula is C15H13ClN2O. The number of nitrogens with one attached hydrogen (secondary N) is 1. The lowest BCUT2D eigenvalue weighted by atomic mass is 10.2. The highest BCUT2D eigenvalue weighted by molar-refractivity contribution is 6.33. The van der Waals surface area contributed by atoms with Crippen molar-refractivity contribution in [2.45, 2.75) is 6.92 Å². The van der Waals surface area contributed by atoms with E-state index in [1.807, 2.05) is 31.2 Å². The van der Waals surface area contributed by atoms with Crippen molar-refractivity contribution in [3.63, 3.8) is 0 Å². The van der Waals surface area contributed by atoms with Crippen LogP contribution in [-0.4, -0.2) is 10.9 Å². The number of hydrogen-bond donors (Lipinski definition) is 1. The molecule has 0 radical (unpaired) electrons. The third-order valence-electron chi connectivity index (χ3n) is 2.49. The van der Waals surface area contributed by atoms with Crippen molar-refractivity contribution in [2.75, 3.05) is 5.32 Å². The third-order valence-corrected chi connectivity index (χ3v) is 2.81. The molecule has 0 saturated heterocycles. The summed E-state index contributed by atoms with van der Waals surface area (Å²) in [5.74, 6) is -0.227. The number of halogens is 1. The number of carbonyl (C=O) groups is 1. The number of benzene rings is 1. The summed E-state index contributed by atoms with van der Waals surface area (Å²) in [6.07, 6.45) is 6.52. The number of pyridine rings is 1. The standard InChI is InChI=1S/C15H13ClN2O/c1-11-4-6-14(13(16)9-11)18-15(19)7-5-12-3-2-8-17-10-12/h2-10H,1H3,(H,18,19)/b7-5-. The third kappa shape index (κ3) is 3.93. The van der Waals surface area contributed by atoms with E-state index in [4.69, 9.17) is 11.6 Å². The summed E-state index contributed by atoms with van der Waals surface area (Å²) < 4.78 is 0. The van der Waals surface area contributed by atoms with Gasteiger partial charge in [-0.1, -0.05) is 23.7 Å². The van der Waals surface area contributed by atoms with Crippen molar-refractivity contribution in [1.29, 1.82) is 0 Å². The van der Waals surface area contributed by atoms with Gasteiger partial charge < -0.3 is 5.32 Å². The second-order valence-corrected chi connectivity index (χ2v) is 4.50. The molecule has 1 heterocycles. The average Bonchev–Trinajstić information content (AvgIpc) is 2.41. The summed E-state index contributed by atoms with van der Waals surface area (Å²) >= 11 is 6.04. The minimum absolute atomic E-state index is 0.227. The summed E-state index contributed by atoms with van der Waals surface area (Å²) in [4.78, 5) is 15.7. The first kappa shape index (κ1) is 13.3. The number of amides is 1. The van der Waals surface area contributed by atoms with E-state index >= 15 is 0 Å². The molecule has 0 atom stereocenters. The maximum atomic E-state index is 11.7. The van der Waals surface area contributed by atoms with Gasteiger partial charge in [0.15, 0.2) is 0 Å². The van der Waals surface area contributed by atoms with Gasteiger partial charge in [-0.25, -0.2) is 0 Å². The molecule has 0 aliphatic heterocycles. The fourth-order valence-corrected chi connectivity index (χ4v) is 1.82. The maximum absolute atomic E-state index is 11.7. The van der Waals surface area contributed by atoms with E-state index in [0.29, 0.717) is 10.7 Å². The molecule has 2 aromatic rings. The van der Waals surface area contributed by atoms with Gasteiger partial charge in [0.1, 0.15) is 0 Å². The summed E-state index contributed by atoms with van der Waals surface area (Å²) in [5, 5.41) is 3.26. The summed E-state index contributed by atoms with van der Waals surface area (Å²) in [5.41, 5.74) is 2.52. The van der Waals surface area contributed by atoms with E-state index < -0.39 is 0 Å². The zero-order valence-electron chi connectivity index (χ0n) is 10.4. The van der Waals surface area contributed by atoms with Gasteiger partial charge in [-0.3, -0.25) is 9.78 Å². The number of nitrogens with zero attached hydrogens (tertiary/aromatic N) is 1. The number of rotatable bonds is 3. The lowest BCUT2D eigenvalue weighted by Crippen LogP contribution is -2.08. The molecule has 0 unspecified atom stereocenters. The molecule has 1 N–H and O–H groups in total. The van der Waals surface area contributed by atoms with Crippen molar-refractivity contribution in [3.05, 3.63) is 65.0 Å². The van der Waals surface area contributed by atoms with Gasteiger partial charge in [0.2, 0.25) is 5.91 Å². The first-order valence-corrected chi connectivity index (χ1v) is 6.18. The molecule has 2 rings (SSSR count). The second-order valence-electron chi connectivity index (χ2n) is 4.09. The average molecular weight is 273 g/mol. The van der Waals surface area contributed by atoms with Crippen LogP contribution in [0.1, 0.15) is 11.1 Å². The quantitative estimate of drug-likeness (QED) is 0.866. The van der Waals surface area contributed by atoms with Gasteiger partial charge in [-0.05, 0) is 42.3 Å². The van der Waals surface area contributed by atoms with Crippen molar-refractivity contribution in [3.8, 4) is 0 Å². The van der Waals surface area contributed by atoms with Crippen molar-refractivity contribution in [2.24, 2.45) is 0 Å². The molecule has 3 nitrogen and oxygen atoms in total. The topological polar surface area (TPSA) is 42.0 Å². The summed E-state index contributed by atoms with van der Waals surface area (Å²) in [6, 6.07) is 9.17. The Morgan fingerprint density at radius 2 is 2.21 bits per heavy atom. The lowest BCUT2D eigenvalue weighted by molar-refractivity contribution is -0.111. The highest BCUT2D eigenvalue weighted by Crippen LogP contribution is 2.22. The first-order valence-electron chi connectivity index (χ1n) is 5.80. The van der Waals surface area contributed by atoms with Gasteiger partial charge in [-0.2, -0.15) is 0 Å². The van der Waals surface area contributed by atoms with Gasteiger partial charge in [0.25, 0.3) is 0 Å². The Bertz CT molecular complexity index is 609. The van der Waals surface area contributed by atoms with E-state index in [2.05, 4.69) is 10.3 Å². The lowest BCUT2D eigenvalue weighted by Gasteiger charge is -2.05. The van der Waals surface area contributed by atoms with E-state index in [-0.39, 0.29) is 5.91 Å². The van der Waals surface area contributed by atoms with Crippen LogP contribution in [0, 0.1) is 6.92 Å². The number of anilines is 1. The van der Waals surface area contributed by atoms with E-state index in [1.54, 1.807) is 24.5 Å². The Kier molecular flexibility index (Phi) is 4.31. The fraction of sp³-hybridized carbons (Fsp3) is 0.0667. The van der Waals surface area contributed by atoms with E-state index in [0.717, 1.165) is 11.1 Å². The molecule has 96 valence electrons. The number of aromatic nitrogens is 1. The highest BCUT2D eigenvalue weighted by Gasteiger charge is 2.02. The Hall–Kier alpha value is -2.13. The summed E-state index contributed by atoms with van der Waals surface area (Å²) in [7, 11) is 0. The van der Waals surface area contributed by atoms with E-state index in [1.165, 1.54) is 6.08 Å². The smallest absolute Gasteiger partial charge is 0.248 e. The minimum atomic E-state index is -0.227. The van der Waals surface area contributed by atoms with E-state index in [9.17, 15) is 4.79 Å². The van der Waals surface area contributed by atoms with Crippen LogP contribution >= 0.6 is 11.6 Å². The molecule has 0 bridgehead atoms. The van der Waals surface area contributed by atoms with Crippen molar-refractivity contribution < 1.29 is 4.79 Å². The van der Waals surface area contributed by atoms with Crippen LogP contribution < -0.4 is 5.32 Å². The van der Waals surface area contributed by atoms with Crippen LogP contribution in [0.15, 0.2) is 48.8 Å². The maximum Gasteiger partial charge on any atom is 0.248 e. The number of carbonyl (C=O) groups excluding carboxylic acids is 1. The molecule has 1 aromatic heterocycles. The second kappa shape index (κ2) is 6.16. The Labute approximate surface area is 116 Å². The Morgan fingerprint density at radius 1 is 1.37 bits per heavy atom. The van der Waals surface area contributed by atoms with Crippen LogP contribution in [0.2, 0.25) is 5.02 Å². The SMILES string of the molecule is Cc1ccc(NC(=O)/C=C\c2cccnc2)c(Cl)c1. The van der Waals surface area contributed by atoms with Gasteiger partial charge in [-0.15, -0.1) is 0 Å². The molecule has 0 aliphatic rings. The number of aryl methyl sites for hydroxylation is 1. The molecule has 1 aromatic carbocycles. The van der Waals surface area contributed by atoms with Crippen LogP contribution in [0.3, 0.4) is 0 Å². The highest BCUT2D eigenvalue weighted by atomic mass is 35.5. The van der Waals surface area contributed by atoms with Crippen LogP contribution in [-0.2, 0) is 4.79 Å². The largest absolute Gasteiger partial charge is 0.321 e. The molecule has 0 fully saturated rings. The molecule has 19 heavy (non-hydrogen) atoms. The summed E-state index contributed by atoms with van der Waals surface area (Å²) in [6.45, 7) is 1.94. The van der Waals surface area contributed by atoms with Crippen molar-refractivity contribution in [1.82, 2.24) is 4.98 Å². The van der Waals surface area contributed by atoms with Crippen LogP contribution in [0.5, 0.6) is 0 Å². The monoisotopic (exact) mass is 272 g/mol. The zero-order chi connectivity index (χ0) is 13.7. The fourth-order valence-electron chi connectivity index (χ4n) is 1.54. The number of hydrogen-bond acceptors (Lipinski definition) is 2. The zero-order valence-corrected chi connectivity index (χ0v) is 11.2. The van der Waals surface area contributed by atoms with Crippen LogP contribution in [0.4, 0.5) is 5.69 Å². The first-order chi connectivity index (χ1) is 9.15. The predicted octanol–water partition coefficient (Wildman–Crippen LogP) is 3.70. The molecule has 0 saturated carbocycles. The molecule has 4 heteroatoms. The Morgan fingerprint density at radius 3 is 2.89 bits per heavy atom. The molecule has 0 spiro atoms. The minimum Gasteiger partial charge on any atom is -0.321 e. The van der Waals surface area contributed by atoms with Gasteiger partial charge >= 0.3 is 0 Å². The van der Waals surface area contributed by atoms with Crippen LogP contribution in [0.25, 0.3) is 6.08 Å². The Balaban J connectivity index is 2.04. The van der Waals surface area contributed by atoms with Gasteiger partial charge in [0, 0.05) is 18.5 Å².